The summed E-state index contributed by atoms with van der Waals surface area (Å²) in [6.07, 6.45) is 17.7. The van der Waals surface area contributed by atoms with Crippen LogP contribution in [0.4, 0.5) is 45.5 Å². The molecule has 3 nitrogen and oxygen atoms in total. The third-order valence-electron chi connectivity index (χ3n) is 11.7. The van der Waals surface area contributed by atoms with Crippen molar-refractivity contribution in [2.75, 3.05) is 14.7 Å². The largest absolute Gasteiger partial charge is 0.314 e. The molecule has 0 radical (unpaired) electrons. The zero-order valence-corrected chi connectivity index (χ0v) is 36.1. The molecule has 0 spiro atoms. The summed E-state index contributed by atoms with van der Waals surface area (Å²) in [5, 5.41) is 0. The molecule has 0 heterocycles. The molecule has 0 bridgehead atoms. The summed E-state index contributed by atoms with van der Waals surface area (Å²) in [7, 11) is 0. The molecule has 0 saturated heterocycles. The highest BCUT2D eigenvalue weighted by atomic mass is 15.2. The van der Waals surface area contributed by atoms with E-state index in [4.69, 9.17) is 0 Å². The van der Waals surface area contributed by atoms with Gasteiger partial charge in [0.05, 0.1) is 0 Å². The fraction of sp³-hybridized carbons (Fsp3) is 0.286. The number of unbranched alkanes of at least 4 members (excludes halogenated alkanes) is 3. The topological polar surface area (TPSA) is 9.72 Å². The number of anilines is 8. The van der Waals surface area contributed by atoms with E-state index >= 15 is 0 Å². The second-order valence-corrected chi connectivity index (χ2v) is 16.3. The summed E-state index contributed by atoms with van der Waals surface area (Å²) in [4.78, 5) is 7.22. The van der Waals surface area contributed by atoms with Crippen molar-refractivity contribution >= 4 is 45.5 Å². The zero-order chi connectivity index (χ0) is 41.0. The van der Waals surface area contributed by atoms with Crippen LogP contribution < -0.4 is 14.7 Å². The number of hydrogen-bond donors (Lipinski definition) is 0. The first-order valence-corrected chi connectivity index (χ1v) is 22.2. The van der Waals surface area contributed by atoms with Gasteiger partial charge in [-0.3, -0.25) is 0 Å². The minimum atomic E-state index is 1.04. The summed E-state index contributed by atoms with van der Waals surface area (Å²) in [6.45, 7) is 11.1. The first-order chi connectivity index (χ1) is 28.9. The Bertz CT molecular complexity index is 2220. The molecule has 0 aromatic heterocycles. The molecule has 302 valence electrons. The SMILES string of the molecule is CCCCC1=CC=C(N(c2ccc(CCCC)cc2)c2ccc(N(c3ccc(CCCC)cc3)c3ccc(N(c4ccc(C)cc4)c4ccc(C)cc4)cc3)cc2)CC1. The van der Waals surface area contributed by atoms with Gasteiger partial charge < -0.3 is 14.7 Å². The normalized spacial score (nSPS) is 12.5. The van der Waals surface area contributed by atoms with E-state index in [0.29, 0.717) is 0 Å². The molecule has 0 amide bonds. The second kappa shape index (κ2) is 20.3. The lowest BCUT2D eigenvalue weighted by Crippen LogP contribution is -2.18. The van der Waals surface area contributed by atoms with Crippen molar-refractivity contribution in [2.24, 2.45) is 0 Å². The minimum absolute atomic E-state index is 1.04. The maximum atomic E-state index is 2.48. The van der Waals surface area contributed by atoms with E-state index in [1.807, 2.05) is 0 Å². The molecule has 6 aromatic rings. The molecular weight excluding hydrogens is 715 g/mol. The van der Waals surface area contributed by atoms with Gasteiger partial charge in [-0.15, -0.1) is 0 Å². The van der Waals surface area contributed by atoms with E-state index in [1.54, 1.807) is 5.57 Å². The number of nitrogens with zero attached hydrogens (tertiary/aromatic N) is 3. The van der Waals surface area contributed by atoms with Gasteiger partial charge in [-0.2, -0.15) is 0 Å². The van der Waals surface area contributed by atoms with Crippen molar-refractivity contribution in [3.05, 3.63) is 191 Å². The fourth-order valence-corrected chi connectivity index (χ4v) is 8.12. The molecule has 1 aliphatic carbocycles. The quantitative estimate of drug-likeness (QED) is 0.0860. The number of aryl methyl sites for hydroxylation is 4. The summed E-state index contributed by atoms with van der Waals surface area (Å²) < 4.78 is 0. The molecule has 0 unspecified atom stereocenters. The molecule has 7 rings (SSSR count). The number of benzene rings is 6. The lowest BCUT2D eigenvalue weighted by molar-refractivity contribution is 0.737. The van der Waals surface area contributed by atoms with Crippen LogP contribution in [0.2, 0.25) is 0 Å². The van der Waals surface area contributed by atoms with Gasteiger partial charge in [-0.25, -0.2) is 0 Å². The van der Waals surface area contributed by atoms with Crippen LogP contribution in [0.1, 0.15) is 101 Å². The number of allylic oxidation sites excluding steroid dienone is 4. The molecule has 0 atom stereocenters. The van der Waals surface area contributed by atoms with E-state index in [2.05, 4.69) is 207 Å². The van der Waals surface area contributed by atoms with E-state index in [9.17, 15) is 0 Å². The van der Waals surface area contributed by atoms with Gasteiger partial charge in [0.2, 0.25) is 0 Å². The Balaban J connectivity index is 1.26. The van der Waals surface area contributed by atoms with Gasteiger partial charge in [0, 0.05) is 51.2 Å². The van der Waals surface area contributed by atoms with Crippen molar-refractivity contribution in [1.82, 2.24) is 0 Å². The van der Waals surface area contributed by atoms with Crippen LogP contribution in [0.5, 0.6) is 0 Å². The molecule has 3 heteroatoms. The molecular formula is C56H63N3. The molecule has 0 aliphatic heterocycles. The molecule has 59 heavy (non-hydrogen) atoms. The molecule has 1 aliphatic rings. The average Bonchev–Trinajstić information content (AvgIpc) is 3.28. The van der Waals surface area contributed by atoms with Crippen LogP contribution in [0.15, 0.2) is 169 Å². The third-order valence-corrected chi connectivity index (χ3v) is 11.7. The van der Waals surface area contributed by atoms with Crippen LogP contribution in [0, 0.1) is 13.8 Å². The Kier molecular flexibility index (Phi) is 14.2. The average molecular weight is 778 g/mol. The fourth-order valence-electron chi connectivity index (χ4n) is 8.12. The molecule has 6 aromatic carbocycles. The lowest BCUT2D eigenvalue weighted by atomic mass is 9.96. The smallest absolute Gasteiger partial charge is 0.0463 e. The van der Waals surface area contributed by atoms with E-state index in [0.717, 1.165) is 59.8 Å². The first kappa shape index (κ1) is 41.4. The Morgan fingerprint density at radius 2 is 0.644 bits per heavy atom. The van der Waals surface area contributed by atoms with Crippen molar-refractivity contribution < 1.29 is 0 Å². The highest BCUT2D eigenvalue weighted by Gasteiger charge is 2.20. The molecule has 0 saturated carbocycles. The van der Waals surface area contributed by atoms with Crippen LogP contribution in [-0.4, -0.2) is 0 Å². The Morgan fingerprint density at radius 3 is 0.966 bits per heavy atom. The maximum absolute atomic E-state index is 2.48. The predicted octanol–water partition coefficient (Wildman–Crippen LogP) is 16.9. The monoisotopic (exact) mass is 778 g/mol. The zero-order valence-electron chi connectivity index (χ0n) is 36.1. The van der Waals surface area contributed by atoms with Crippen molar-refractivity contribution in [3.8, 4) is 0 Å². The lowest BCUT2D eigenvalue weighted by Gasteiger charge is -2.31. The Labute approximate surface area is 355 Å². The third kappa shape index (κ3) is 10.4. The Hall–Kier alpha value is -5.80. The van der Waals surface area contributed by atoms with Gasteiger partial charge in [0.15, 0.2) is 0 Å². The highest BCUT2D eigenvalue weighted by molar-refractivity contribution is 5.82. The summed E-state index contributed by atoms with van der Waals surface area (Å²) in [5.41, 5.74) is 17.4. The second-order valence-electron chi connectivity index (χ2n) is 16.3. The number of rotatable bonds is 18. The summed E-state index contributed by atoms with van der Waals surface area (Å²) in [6, 6.07) is 54.4. The van der Waals surface area contributed by atoms with Crippen LogP contribution in [0.25, 0.3) is 0 Å². The van der Waals surface area contributed by atoms with Crippen molar-refractivity contribution in [1.29, 1.82) is 0 Å². The van der Waals surface area contributed by atoms with E-state index in [1.165, 1.54) is 84.3 Å². The summed E-state index contributed by atoms with van der Waals surface area (Å²) in [5.74, 6) is 0. The van der Waals surface area contributed by atoms with Crippen LogP contribution in [0.3, 0.4) is 0 Å². The summed E-state index contributed by atoms with van der Waals surface area (Å²) >= 11 is 0. The van der Waals surface area contributed by atoms with Gasteiger partial charge in [0.1, 0.15) is 0 Å². The van der Waals surface area contributed by atoms with Crippen LogP contribution >= 0.6 is 0 Å². The highest BCUT2D eigenvalue weighted by Crippen LogP contribution is 2.41. The van der Waals surface area contributed by atoms with Crippen molar-refractivity contribution in [2.45, 2.75) is 105 Å². The standard InChI is InChI=1S/C56H63N3/c1-6-9-12-45-19-29-50(30-20-45)58(51-31-21-46(22-32-51)13-10-7-2)54-37-41-56(42-38-54)59(52-33-23-47(24-34-52)14-11-8-3)55-39-35-53(36-40-55)57(48-25-15-43(4)16-26-48)49-27-17-44(5)18-28-49/h15-21,23-31,33-42H,6-14,22,32H2,1-5H3. The Morgan fingerprint density at radius 1 is 0.339 bits per heavy atom. The predicted molar refractivity (Wildman–Crippen MR) is 256 cm³/mol. The number of hydrogen-bond acceptors (Lipinski definition) is 3. The van der Waals surface area contributed by atoms with Gasteiger partial charge in [0.25, 0.3) is 0 Å². The van der Waals surface area contributed by atoms with Gasteiger partial charge in [-0.1, -0.05) is 111 Å². The van der Waals surface area contributed by atoms with E-state index in [-0.39, 0.29) is 0 Å². The first-order valence-electron chi connectivity index (χ1n) is 22.2. The minimum Gasteiger partial charge on any atom is -0.314 e. The van der Waals surface area contributed by atoms with E-state index < -0.39 is 0 Å². The van der Waals surface area contributed by atoms with Gasteiger partial charge in [-0.05, 0) is 179 Å². The molecule has 0 fully saturated rings. The van der Waals surface area contributed by atoms with Crippen LogP contribution in [-0.2, 0) is 12.8 Å². The van der Waals surface area contributed by atoms with Crippen molar-refractivity contribution in [3.63, 3.8) is 0 Å². The molecule has 0 N–H and O–H groups in total. The van der Waals surface area contributed by atoms with Gasteiger partial charge >= 0.3 is 0 Å². The maximum Gasteiger partial charge on any atom is 0.0463 e.